The maximum absolute atomic E-state index is 12.8. The van der Waals surface area contributed by atoms with Gasteiger partial charge in [-0.15, -0.1) is 0 Å². The molecule has 0 aliphatic rings. The number of amides is 1. The molecule has 1 amide bonds. The van der Waals surface area contributed by atoms with Crippen LogP contribution < -0.4 is 11.1 Å². The number of hydrogen-bond donors (Lipinski definition) is 3. The first kappa shape index (κ1) is 22.2. The molecule has 0 saturated heterocycles. The number of aliphatic hydroxyl groups is 1. The summed E-state index contributed by atoms with van der Waals surface area (Å²) in [5, 5.41) is 12.2. The van der Waals surface area contributed by atoms with Crippen molar-refractivity contribution in [2.75, 3.05) is 18.5 Å². The highest BCUT2D eigenvalue weighted by molar-refractivity contribution is 5.93. The van der Waals surface area contributed by atoms with E-state index in [-0.39, 0.29) is 19.7 Å². The molecule has 2 aromatic heterocycles. The van der Waals surface area contributed by atoms with E-state index in [4.69, 9.17) is 5.73 Å². The minimum Gasteiger partial charge on any atom is -0.395 e. The molecule has 4 rings (SSSR count). The zero-order valence-corrected chi connectivity index (χ0v) is 17.2. The first-order valence-electron chi connectivity index (χ1n) is 9.90. The fraction of sp³-hybridized carbons (Fsp3) is 0.182. The molecule has 0 unspecified atom stereocenters. The van der Waals surface area contributed by atoms with Gasteiger partial charge in [-0.25, -0.2) is 15.0 Å². The van der Waals surface area contributed by atoms with E-state index in [1.54, 1.807) is 28.8 Å². The van der Waals surface area contributed by atoms with Crippen molar-refractivity contribution < 1.29 is 23.1 Å². The number of carbonyl (C=O) groups excluding carboxylic acids is 1. The van der Waals surface area contributed by atoms with Crippen LogP contribution in [0.4, 0.5) is 19.0 Å². The van der Waals surface area contributed by atoms with Gasteiger partial charge in [0.25, 0.3) is 0 Å². The lowest BCUT2D eigenvalue weighted by Crippen LogP contribution is -2.11. The predicted molar refractivity (Wildman–Crippen MR) is 115 cm³/mol. The van der Waals surface area contributed by atoms with Gasteiger partial charge in [-0.2, -0.15) is 13.2 Å². The lowest BCUT2D eigenvalue weighted by molar-refractivity contribution is -0.137. The third-order valence-corrected chi connectivity index (χ3v) is 4.93. The average Bonchev–Trinajstić information content (AvgIpc) is 3.20. The number of nitrogens with one attached hydrogen (secondary N) is 1. The molecule has 0 bridgehead atoms. The van der Waals surface area contributed by atoms with Gasteiger partial charge in [-0.1, -0.05) is 24.3 Å². The fourth-order valence-electron chi connectivity index (χ4n) is 3.27. The number of rotatable bonds is 7. The second kappa shape index (κ2) is 8.87. The Morgan fingerprint density at radius 3 is 2.36 bits per heavy atom. The van der Waals surface area contributed by atoms with Crippen molar-refractivity contribution in [3.05, 3.63) is 71.5 Å². The minimum absolute atomic E-state index is 0.125. The summed E-state index contributed by atoms with van der Waals surface area (Å²) in [5.74, 6) is 0.181. The maximum Gasteiger partial charge on any atom is 0.416 e. The Kier molecular flexibility index (Phi) is 5.97. The number of benzene rings is 2. The molecule has 0 aliphatic heterocycles. The van der Waals surface area contributed by atoms with Crippen LogP contribution in [0, 0.1) is 0 Å². The number of fused-ring (bicyclic) bond motifs is 1. The number of nitrogens with zero attached hydrogens (tertiary/aromatic N) is 4. The van der Waals surface area contributed by atoms with Crippen LogP contribution in [0.25, 0.3) is 22.6 Å². The number of alkyl halides is 3. The monoisotopic (exact) mass is 456 g/mol. The molecule has 2 heterocycles. The van der Waals surface area contributed by atoms with Crippen LogP contribution in [0.1, 0.15) is 21.5 Å². The predicted octanol–water partition coefficient (Wildman–Crippen LogP) is 3.06. The van der Waals surface area contributed by atoms with Gasteiger partial charge in [0.05, 0.1) is 25.0 Å². The van der Waals surface area contributed by atoms with E-state index in [1.165, 1.54) is 18.5 Å². The van der Waals surface area contributed by atoms with Crippen molar-refractivity contribution in [2.24, 2.45) is 5.73 Å². The van der Waals surface area contributed by atoms with Gasteiger partial charge >= 0.3 is 6.18 Å². The highest BCUT2D eigenvalue weighted by atomic mass is 19.4. The highest BCUT2D eigenvalue weighted by Crippen LogP contribution is 2.30. The third-order valence-electron chi connectivity index (χ3n) is 4.93. The number of aromatic nitrogens is 4. The second-order valence-electron chi connectivity index (χ2n) is 7.23. The lowest BCUT2D eigenvalue weighted by atomic mass is 10.1. The highest BCUT2D eigenvalue weighted by Gasteiger charge is 2.30. The summed E-state index contributed by atoms with van der Waals surface area (Å²) in [6.45, 7) is 0.351. The van der Waals surface area contributed by atoms with Crippen molar-refractivity contribution >= 4 is 22.9 Å². The fourth-order valence-corrected chi connectivity index (χ4v) is 3.27. The molecule has 0 atom stereocenters. The van der Waals surface area contributed by atoms with Crippen LogP contribution >= 0.6 is 0 Å². The summed E-state index contributed by atoms with van der Waals surface area (Å²) in [6.07, 6.45) is -2.87. The first-order valence-corrected chi connectivity index (χ1v) is 9.90. The van der Waals surface area contributed by atoms with Crippen LogP contribution in [0.3, 0.4) is 0 Å². The molecule has 4 N–H and O–H groups in total. The van der Waals surface area contributed by atoms with Crippen molar-refractivity contribution in [2.45, 2.75) is 12.7 Å². The Labute approximate surface area is 185 Å². The standard InChI is InChI=1S/C22H19F3N6O2/c23-22(24,25)16-7-1-13(2-8-16)11-31-12-28-17-20(27-9-10-32)29-19(30-21(17)31)15-5-3-14(4-6-15)18(26)33/h1-8,12,32H,9-11H2,(H2,26,33)(H,27,29,30). The molecule has 8 nitrogen and oxygen atoms in total. The number of aliphatic hydroxyl groups excluding tert-OH is 1. The summed E-state index contributed by atoms with van der Waals surface area (Å²) in [5.41, 5.74) is 7.08. The van der Waals surface area contributed by atoms with Crippen molar-refractivity contribution in [1.29, 1.82) is 0 Å². The number of primary amides is 1. The number of hydrogen-bond acceptors (Lipinski definition) is 6. The van der Waals surface area contributed by atoms with Crippen molar-refractivity contribution in [3.8, 4) is 11.4 Å². The maximum atomic E-state index is 12.8. The zero-order chi connectivity index (χ0) is 23.6. The molecular formula is C22H19F3N6O2. The number of nitrogens with two attached hydrogens (primary N) is 1. The largest absolute Gasteiger partial charge is 0.416 e. The minimum atomic E-state index is -4.40. The van der Waals surface area contributed by atoms with Crippen LogP contribution in [0.2, 0.25) is 0 Å². The van der Waals surface area contributed by atoms with Crippen LogP contribution in [0.15, 0.2) is 54.9 Å². The van der Waals surface area contributed by atoms with Gasteiger partial charge in [-0.05, 0) is 29.8 Å². The van der Waals surface area contributed by atoms with Crippen LogP contribution in [-0.4, -0.2) is 43.7 Å². The topological polar surface area (TPSA) is 119 Å². The summed E-state index contributed by atoms with van der Waals surface area (Å²) in [6, 6.07) is 11.3. The zero-order valence-electron chi connectivity index (χ0n) is 17.2. The van der Waals surface area contributed by atoms with Crippen molar-refractivity contribution in [1.82, 2.24) is 19.5 Å². The van der Waals surface area contributed by atoms with Gasteiger partial charge in [0, 0.05) is 17.7 Å². The molecule has 33 heavy (non-hydrogen) atoms. The molecule has 0 spiro atoms. The van der Waals surface area contributed by atoms with Crippen LogP contribution in [0.5, 0.6) is 0 Å². The number of imidazole rings is 1. The Hall–Kier alpha value is -3.99. The van der Waals surface area contributed by atoms with Gasteiger partial charge in [0.2, 0.25) is 5.91 Å². The lowest BCUT2D eigenvalue weighted by Gasteiger charge is -2.10. The smallest absolute Gasteiger partial charge is 0.395 e. The van der Waals surface area contributed by atoms with Crippen LogP contribution in [-0.2, 0) is 12.7 Å². The van der Waals surface area contributed by atoms with E-state index in [1.807, 2.05) is 0 Å². The second-order valence-corrected chi connectivity index (χ2v) is 7.23. The Morgan fingerprint density at radius 1 is 1.06 bits per heavy atom. The number of carbonyl (C=O) groups is 1. The van der Waals surface area contributed by atoms with Gasteiger partial charge in [-0.3, -0.25) is 4.79 Å². The van der Waals surface area contributed by atoms with E-state index < -0.39 is 17.6 Å². The molecule has 170 valence electrons. The SMILES string of the molecule is NC(=O)c1ccc(-c2nc(NCCO)c3ncn(Cc4ccc(C(F)(F)F)cc4)c3n2)cc1. The molecule has 0 fully saturated rings. The van der Waals surface area contributed by atoms with E-state index in [0.717, 1.165) is 12.1 Å². The molecule has 0 saturated carbocycles. The molecule has 11 heteroatoms. The van der Waals surface area contributed by atoms with E-state index in [9.17, 15) is 23.1 Å². The van der Waals surface area contributed by atoms with E-state index in [2.05, 4.69) is 20.3 Å². The van der Waals surface area contributed by atoms with Gasteiger partial charge < -0.3 is 20.7 Å². The molecular weight excluding hydrogens is 437 g/mol. The summed E-state index contributed by atoms with van der Waals surface area (Å²) < 4.78 is 40.2. The Balaban J connectivity index is 1.73. The van der Waals surface area contributed by atoms with Gasteiger partial charge in [0.1, 0.15) is 5.52 Å². The van der Waals surface area contributed by atoms with E-state index in [0.29, 0.717) is 39.5 Å². The summed E-state index contributed by atoms with van der Waals surface area (Å²) in [4.78, 5) is 24.8. The number of anilines is 1. The molecule has 2 aromatic carbocycles. The quantitative estimate of drug-likeness (QED) is 0.393. The molecule has 0 radical (unpaired) electrons. The molecule has 4 aromatic rings. The number of halogens is 3. The summed E-state index contributed by atoms with van der Waals surface area (Å²) in [7, 11) is 0. The van der Waals surface area contributed by atoms with Gasteiger partial charge in [0.15, 0.2) is 17.3 Å². The first-order chi connectivity index (χ1) is 15.8. The Bertz CT molecular complexity index is 1280. The average molecular weight is 456 g/mol. The summed E-state index contributed by atoms with van der Waals surface area (Å²) >= 11 is 0. The van der Waals surface area contributed by atoms with E-state index >= 15 is 0 Å². The normalized spacial score (nSPS) is 11.6. The Morgan fingerprint density at radius 2 is 1.76 bits per heavy atom. The third kappa shape index (κ3) is 4.77. The van der Waals surface area contributed by atoms with Crippen molar-refractivity contribution in [3.63, 3.8) is 0 Å². The molecule has 0 aliphatic carbocycles.